The molecule has 0 amide bonds. The van der Waals surface area contributed by atoms with Crippen LogP contribution in [0.2, 0.25) is 0 Å². The Kier molecular flexibility index (Phi) is 4.39. The van der Waals surface area contributed by atoms with Gasteiger partial charge in [-0.2, -0.15) is 0 Å². The number of nitrogens with one attached hydrogen (secondary N) is 1. The van der Waals surface area contributed by atoms with E-state index in [1.54, 1.807) is 11.3 Å². The van der Waals surface area contributed by atoms with Gasteiger partial charge < -0.3 is 5.32 Å². The van der Waals surface area contributed by atoms with Crippen molar-refractivity contribution in [3.05, 3.63) is 16.6 Å². The van der Waals surface area contributed by atoms with Crippen LogP contribution in [0.3, 0.4) is 0 Å². The molecule has 0 spiro atoms. The van der Waals surface area contributed by atoms with Crippen LogP contribution in [-0.4, -0.2) is 11.0 Å². The maximum absolute atomic E-state index is 4.23. The summed E-state index contributed by atoms with van der Waals surface area (Å²) < 4.78 is 0. The van der Waals surface area contributed by atoms with E-state index in [4.69, 9.17) is 0 Å². The number of thiazole rings is 1. The molecule has 1 aromatic rings. The van der Waals surface area contributed by atoms with Crippen molar-refractivity contribution in [2.24, 2.45) is 5.92 Å². The second-order valence-electron chi connectivity index (χ2n) is 3.53. The number of rotatable bonds is 5. The first kappa shape index (κ1) is 10.7. The maximum Gasteiger partial charge on any atom is 0.0795 e. The maximum atomic E-state index is 4.23. The van der Waals surface area contributed by atoms with Gasteiger partial charge in [-0.05, 0) is 12.8 Å². The molecule has 0 bridgehead atoms. The van der Waals surface area contributed by atoms with Gasteiger partial charge >= 0.3 is 0 Å². The first-order valence-electron chi connectivity index (χ1n) is 4.84. The lowest BCUT2D eigenvalue weighted by Crippen LogP contribution is -2.31. The van der Waals surface area contributed by atoms with Crippen LogP contribution >= 0.6 is 11.3 Å². The number of aromatic nitrogens is 1. The fourth-order valence-electron chi connectivity index (χ4n) is 1.15. The predicted molar refractivity (Wildman–Crippen MR) is 57.9 cm³/mol. The third-order valence-corrected chi connectivity index (χ3v) is 3.22. The molecule has 0 fully saturated rings. The fourth-order valence-corrected chi connectivity index (χ4v) is 1.70. The largest absolute Gasteiger partial charge is 0.308 e. The molecule has 0 saturated carbocycles. The van der Waals surface area contributed by atoms with Gasteiger partial charge in [0.15, 0.2) is 0 Å². The molecule has 2 unspecified atom stereocenters. The van der Waals surface area contributed by atoms with Crippen molar-refractivity contribution in [1.82, 2.24) is 10.3 Å². The third-order valence-electron chi connectivity index (χ3n) is 2.59. The summed E-state index contributed by atoms with van der Waals surface area (Å²) in [5, 5.41) is 5.57. The molecule has 2 atom stereocenters. The zero-order valence-electron chi connectivity index (χ0n) is 8.58. The van der Waals surface area contributed by atoms with Crippen LogP contribution in [0.25, 0.3) is 0 Å². The van der Waals surface area contributed by atoms with Crippen molar-refractivity contribution in [2.45, 2.75) is 39.8 Å². The van der Waals surface area contributed by atoms with Gasteiger partial charge in [-0.25, -0.2) is 4.98 Å². The second-order valence-corrected chi connectivity index (χ2v) is 4.25. The van der Waals surface area contributed by atoms with Crippen LogP contribution < -0.4 is 5.32 Å². The van der Waals surface area contributed by atoms with E-state index in [9.17, 15) is 0 Å². The highest BCUT2D eigenvalue weighted by molar-refractivity contribution is 7.07. The topological polar surface area (TPSA) is 24.9 Å². The summed E-state index contributed by atoms with van der Waals surface area (Å²) in [7, 11) is 0. The summed E-state index contributed by atoms with van der Waals surface area (Å²) in [5.74, 6) is 0.735. The summed E-state index contributed by atoms with van der Waals surface area (Å²) in [6, 6.07) is 0.576. The Morgan fingerprint density at radius 1 is 1.54 bits per heavy atom. The Morgan fingerprint density at radius 3 is 2.85 bits per heavy atom. The molecule has 3 heteroatoms. The lowest BCUT2D eigenvalue weighted by atomic mass is 10.0. The Hall–Kier alpha value is -0.410. The van der Waals surface area contributed by atoms with Crippen LogP contribution in [-0.2, 0) is 6.54 Å². The molecule has 1 aromatic heterocycles. The van der Waals surface area contributed by atoms with Crippen molar-refractivity contribution < 1.29 is 0 Å². The summed E-state index contributed by atoms with van der Waals surface area (Å²) in [6.45, 7) is 7.64. The molecule has 2 nitrogen and oxygen atoms in total. The van der Waals surface area contributed by atoms with E-state index < -0.39 is 0 Å². The monoisotopic (exact) mass is 198 g/mol. The molecule has 0 aliphatic heterocycles. The lowest BCUT2D eigenvalue weighted by molar-refractivity contribution is 0.388. The third kappa shape index (κ3) is 3.44. The van der Waals surface area contributed by atoms with Gasteiger partial charge in [-0.3, -0.25) is 0 Å². The minimum absolute atomic E-state index is 0.576. The summed E-state index contributed by atoms with van der Waals surface area (Å²) in [4.78, 5) is 4.23. The van der Waals surface area contributed by atoms with Crippen molar-refractivity contribution in [2.75, 3.05) is 0 Å². The molecule has 13 heavy (non-hydrogen) atoms. The Bertz CT molecular complexity index is 221. The van der Waals surface area contributed by atoms with Gasteiger partial charge in [0, 0.05) is 18.0 Å². The Morgan fingerprint density at radius 2 is 2.31 bits per heavy atom. The van der Waals surface area contributed by atoms with Gasteiger partial charge in [-0.1, -0.05) is 20.3 Å². The number of hydrogen-bond donors (Lipinski definition) is 1. The van der Waals surface area contributed by atoms with E-state index in [2.05, 4.69) is 36.5 Å². The van der Waals surface area contributed by atoms with Crippen molar-refractivity contribution in [3.8, 4) is 0 Å². The molecule has 0 aliphatic rings. The minimum Gasteiger partial charge on any atom is -0.308 e. The molecule has 0 radical (unpaired) electrons. The minimum atomic E-state index is 0.576. The zero-order chi connectivity index (χ0) is 9.68. The van der Waals surface area contributed by atoms with Crippen LogP contribution in [0.15, 0.2) is 10.9 Å². The fraction of sp³-hybridized carbons (Fsp3) is 0.700. The molecule has 1 N–H and O–H groups in total. The highest BCUT2D eigenvalue weighted by atomic mass is 32.1. The smallest absolute Gasteiger partial charge is 0.0795 e. The normalized spacial score (nSPS) is 15.6. The second kappa shape index (κ2) is 5.35. The summed E-state index contributed by atoms with van der Waals surface area (Å²) >= 11 is 1.65. The lowest BCUT2D eigenvalue weighted by Gasteiger charge is -2.19. The first-order valence-corrected chi connectivity index (χ1v) is 5.78. The molecular weight excluding hydrogens is 180 g/mol. The zero-order valence-corrected chi connectivity index (χ0v) is 9.40. The van der Waals surface area contributed by atoms with Crippen LogP contribution in [0.1, 0.15) is 32.9 Å². The van der Waals surface area contributed by atoms with Gasteiger partial charge in [0.05, 0.1) is 11.2 Å². The molecule has 0 saturated heterocycles. The first-order chi connectivity index (χ1) is 6.24. The Labute approximate surface area is 84.4 Å². The van der Waals surface area contributed by atoms with E-state index >= 15 is 0 Å². The molecular formula is C10H18N2S. The highest BCUT2D eigenvalue weighted by Crippen LogP contribution is 2.08. The van der Waals surface area contributed by atoms with Gasteiger partial charge in [0.2, 0.25) is 0 Å². The summed E-state index contributed by atoms with van der Waals surface area (Å²) in [5.41, 5.74) is 3.03. The highest BCUT2D eigenvalue weighted by Gasteiger charge is 2.08. The predicted octanol–water partition coefficient (Wildman–Crippen LogP) is 2.67. The van der Waals surface area contributed by atoms with Crippen LogP contribution in [0.4, 0.5) is 0 Å². The van der Waals surface area contributed by atoms with E-state index in [-0.39, 0.29) is 0 Å². The number of hydrogen-bond acceptors (Lipinski definition) is 3. The average molecular weight is 198 g/mol. The summed E-state index contributed by atoms with van der Waals surface area (Å²) in [6.07, 6.45) is 1.23. The van der Waals surface area contributed by atoms with Crippen molar-refractivity contribution in [1.29, 1.82) is 0 Å². The number of nitrogens with zero attached hydrogens (tertiary/aromatic N) is 1. The van der Waals surface area contributed by atoms with E-state index in [0.717, 1.165) is 18.2 Å². The Balaban J connectivity index is 2.26. The molecule has 0 aliphatic carbocycles. The van der Waals surface area contributed by atoms with Gasteiger partial charge in [0.25, 0.3) is 0 Å². The SMILES string of the molecule is CCC(C)C(C)NCc1cscn1. The van der Waals surface area contributed by atoms with Crippen molar-refractivity contribution >= 4 is 11.3 Å². The quantitative estimate of drug-likeness (QED) is 0.787. The van der Waals surface area contributed by atoms with Gasteiger partial charge in [-0.15, -0.1) is 11.3 Å². The van der Waals surface area contributed by atoms with E-state index in [1.165, 1.54) is 6.42 Å². The molecule has 0 aromatic carbocycles. The van der Waals surface area contributed by atoms with Crippen LogP contribution in [0.5, 0.6) is 0 Å². The van der Waals surface area contributed by atoms with Crippen molar-refractivity contribution in [3.63, 3.8) is 0 Å². The van der Waals surface area contributed by atoms with E-state index in [0.29, 0.717) is 6.04 Å². The molecule has 74 valence electrons. The van der Waals surface area contributed by atoms with E-state index in [1.807, 2.05) is 5.51 Å². The van der Waals surface area contributed by atoms with Crippen LogP contribution in [0, 0.1) is 5.92 Å². The standard InChI is InChI=1S/C10H18N2S/c1-4-8(2)9(3)11-5-10-6-13-7-12-10/h6-9,11H,4-5H2,1-3H3. The average Bonchev–Trinajstić information content (AvgIpc) is 2.65. The molecule has 1 heterocycles. The molecule has 1 rings (SSSR count). The van der Waals surface area contributed by atoms with Gasteiger partial charge in [0.1, 0.15) is 0 Å².